The van der Waals surface area contributed by atoms with Crippen LogP contribution in [0.25, 0.3) is 0 Å². The lowest BCUT2D eigenvalue weighted by Crippen LogP contribution is -2.05. The van der Waals surface area contributed by atoms with Crippen molar-refractivity contribution >= 4 is 33.5 Å². The number of Topliss-reactive ketones (excluding diaryl/α,β-unsaturated/α-hetero) is 1. The summed E-state index contributed by atoms with van der Waals surface area (Å²) in [6.45, 7) is 3.98. The van der Waals surface area contributed by atoms with Crippen molar-refractivity contribution in [2.75, 3.05) is 11.6 Å². The van der Waals surface area contributed by atoms with Gasteiger partial charge in [-0.25, -0.2) is 0 Å². The number of hydrogen-bond acceptors (Lipinski definition) is 2. The molecule has 0 heterocycles. The molecule has 0 fully saturated rings. The summed E-state index contributed by atoms with van der Waals surface area (Å²) in [5, 5.41) is 0.396. The Labute approximate surface area is 97.4 Å². The van der Waals surface area contributed by atoms with Gasteiger partial charge in [0.2, 0.25) is 0 Å². The SMILES string of the molecule is CSc1cc(C)c(C(=O)CBr)c(C)c1. The molecule has 0 amide bonds. The van der Waals surface area contributed by atoms with Gasteiger partial charge in [0.25, 0.3) is 0 Å². The number of rotatable bonds is 3. The monoisotopic (exact) mass is 272 g/mol. The lowest BCUT2D eigenvalue weighted by Gasteiger charge is -2.09. The first-order chi connectivity index (χ1) is 6.60. The molecule has 0 saturated heterocycles. The second-order valence-electron chi connectivity index (χ2n) is 3.19. The summed E-state index contributed by atoms with van der Waals surface area (Å²) in [5.41, 5.74) is 3.00. The number of aryl methyl sites for hydroxylation is 2. The molecular weight excluding hydrogens is 260 g/mol. The zero-order valence-electron chi connectivity index (χ0n) is 8.56. The van der Waals surface area contributed by atoms with Gasteiger partial charge in [-0.15, -0.1) is 11.8 Å². The highest BCUT2D eigenvalue weighted by Crippen LogP contribution is 2.23. The van der Waals surface area contributed by atoms with Crippen LogP contribution in [0.5, 0.6) is 0 Å². The predicted octanol–water partition coefficient (Wildman–Crippen LogP) is 3.60. The third-order valence-corrected chi connectivity index (χ3v) is 3.36. The van der Waals surface area contributed by atoms with E-state index in [0.29, 0.717) is 5.33 Å². The number of benzene rings is 1. The second-order valence-corrected chi connectivity index (χ2v) is 4.63. The van der Waals surface area contributed by atoms with E-state index in [-0.39, 0.29) is 5.78 Å². The number of alkyl halides is 1. The van der Waals surface area contributed by atoms with Gasteiger partial charge >= 0.3 is 0 Å². The third kappa shape index (κ3) is 2.39. The molecule has 1 aromatic carbocycles. The second kappa shape index (κ2) is 4.99. The van der Waals surface area contributed by atoms with Crippen LogP contribution in [-0.4, -0.2) is 17.4 Å². The normalized spacial score (nSPS) is 10.3. The summed E-state index contributed by atoms with van der Waals surface area (Å²) >= 11 is 4.90. The average molecular weight is 273 g/mol. The number of carbonyl (C=O) groups is 1. The molecule has 0 aromatic heterocycles. The molecular formula is C11H13BrOS. The minimum atomic E-state index is 0.160. The van der Waals surface area contributed by atoms with Crippen LogP contribution in [0.3, 0.4) is 0 Å². The van der Waals surface area contributed by atoms with Crippen molar-refractivity contribution in [1.82, 2.24) is 0 Å². The summed E-state index contributed by atoms with van der Waals surface area (Å²) < 4.78 is 0. The quantitative estimate of drug-likeness (QED) is 0.475. The van der Waals surface area contributed by atoms with E-state index >= 15 is 0 Å². The lowest BCUT2D eigenvalue weighted by molar-refractivity contribution is 0.102. The van der Waals surface area contributed by atoms with E-state index < -0.39 is 0 Å². The Morgan fingerprint density at radius 2 is 1.86 bits per heavy atom. The highest BCUT2D eigenvalue weighted by atomic mass is 79.9. The van der Waals surface area contributed by atoms with Crippen LogP contribution in [0.4, 0.5) is 0 Å². The van der Waals surface area contributed by atoms with E-state index in [1.165, 1.54) is 4.90 Å². The lowest BCUT2D eigenvalue weighted by atomic mass is 10.00. The van der Waals surface area contributed by atoms with Gasteiger partial charge in [0, 0.05) is 10.5 Å². The molecule has 0 spiro atoms. The Balaban J connectivity index is 3.25. The number of halogens is 1. The molecule has 0 radical (unpaired) electrons. The summed E-state index contributed by atoms with van der Waals surface area (Å²) in [5.74, 6) is 0.160. The highest BCUT2D eigenvalue weighted by Gasteiger charge is 2.11. The summed E-state index contributed by atoms with van der Waals surface area (Å²) in [6, 6.07) is 4.13. The van der Waals surface area contributed by atoms with Crippen LogP contribution in [0, 0.1) is 13.8 Å². The minimum Gasteiger partial charge on any atom is -0.293 e. The molecule has 0 atom stereocenters. The first-order valence-electron chi connectivity index (χ1n) is 4.34. The van der Waals surface area contributed by atoms with Gasteiger partial charge in [-0.05, 0) is 43.4 Å². The number of carbonyl (C=O) groups excluding carboxylic acids is 1. The smallest absolute Gasteiger partial charge is 0.173 e. The summed E-state index contributed by atoms with van der Waals surface area (Å²) in [4.78, 5) is 12.8. The zero-order chi connectivity index (χ0) is 10.7. The molecule has 0 bridgehead atoms. The molecule has 3 heteroatoms. The highest BCUT2D eigenvalue weighted by molar-refractivity contribution is 9.09. The fourth-order valence-corrected chi connectivity index (χ4v) is 2.42. The van der Waals surface area contributed by atoms with Crippen molar-refractivity contribution in [2.45, 2.75) is 18.7 Å². The van der Waals surface area contributed by atoms with Crippen LogP contribution in [-0.2, 0) is 0 Å². The van der Waals surface area contributed by atoms with Gasteiger partial charge in [-0.3, -0.25) is 4.79 Å². The Morgan fingerprint density at radius 1 is 1.36 bits per heavy atom. The Morgan fingerprint density at radius 3 is 2.21 bits per heavy atom. The van der Waals surface area contributed by atoms with E-state index in [1.54, 1.807) is 11.8 Å². The van der Waals surface area contributed by atoms with Crippen LogP contribution < -0.4 is 0 Å². The maximum Gasteiger partial charge on any atom is 0.173 e. The van der Waals surface area contributed by atoms with E-state index in [2.05, 4.69) is 28.1 Å². The molecule has 0 N–H and O–H groups in total. The first-order valence-corrected chi connectivity index (χ1v) is 6.69. The van der Waals surface area contributed by atoms with Crippen molar-refractivity contribution < 1.29 is 4.79 Å². The van der Waals surface area contributed by atoms with Gasteiger partial charge < -0.3 is 0 Å². The van der Waals surface area contributed by atoms with Gasteiger partial charge in [0.15, 0.2) is 5.78 Å². The van der Waals surface area contributed by atoms with Crippen molar-refractivity contribution in [3.63, 3.8) is 0 Å². The van der Waals surface area contributed by atoms with Gasteiger partial charge in [0.05, 0.1) is 5.33 Å². The number of thioether (sulfide) groups is 1. The fraction of sp³-hybridized carbons (Fsp3) is 0.364. The Hall–Kier alpha value is -0.280. The zero-order valence-corrected chi connectivity index (χ0v) is 11.0. The standard InChI is InChI=1S/C11H13BrOS/c1-7-4-9(14-3)5-8(2)11(7)10(13)6-12/h4-5H,6H2,1-3H3. The van der Waals surface area contributed by atoms with E-state index in [9.17, 15) is 4.79 Å². The molecule has 0 aliphatic carbocycles. The van der Waals surface area contributed by atoms with Gasteiger partial charge in [-0.2, -0.15) is 0 Å². The van der Waals surface area contributed by atoms with Crippen LogP contribution in [0.2, 0.25) is 0 Å². The molecule has 0 unspecified atom stereocenters. The number of hydrogen-bond donors (Lipinski definition) is 0. The molecule has 1 nitrogen and oxygen atoms in total. The number of ketones is 1. The topological polar surface area (TPSA) is 17.1 Å². The van der Waals surface area contributed by atoms with Crippen LogP contribution in [0.15, 0.2) is 17.0 Å². The maximum atomic E-state index is 11.6. The van der Waals surface area contributed by atoms with Crippen LogP contribution >= 0.6 is 27.7 Å². The molecule has 1 rings (SSSR count). The largest absolute Gasteiger partial charge is 0.293 e. The minimum absolute atomic E-state index is 0.160. The van der Waals surface area contributed by atoms with Gasteiger partial charge in [-0.1, -0.05) is 15.9 Å². The van der Waals surface area contributed by atoms with Crippen molar-refractivity contribution in [2.24, 2.45) is 0 Å². The first kappa shape index (κ1) is 11.8. The van der Waals surface area contributed by atoms with Gasteiger partial charge in [0.1, 0.15) is 0 Å². The Bertz CT molecular complexity index is 337. The molecule has 14 heavy (non-hydrogen) atoms. The summed E-state index contributed by atoms with van der Waals surface area (Å²) in [6.07, 6.45) is 2.04. The van der Waals surface area contributed by atoms with Crippen molar-refractivity contribution in [1.29, 1.82) is 0 Å². The predicted molar refractivity (Wildman–Crippen MR) is 65.8 cm³/mol. The fourth-order valence-electron chi connectivity index (χ4n) is 1.55. The Kier molecular flexibility index (Phi) is 4.20. The molecule has 1 aromatic rings. The van der Waals surface area contributed by atoms with Crippen molar-refractivity contribution in [3.05, 3.63) is 28.8 Å². The summed E-state index contributed by atoms with van der Waals surface area (Å²) in [7, 11) is 0. The average Bonchev–Trinajstić information content (AvgIpc) is 2.16. The molecule has 76 valence electrons. The molecule has 0 aliphatic heterocycles. The molecule has 0 saturated carbocycles. The third-order valence-electron chi connectivity index (χ3n) is 2.14. The van der Waals surface area contributed by atoms with Crippen molar-refractivity contribution in [3.8, 4) is 0 Å². The molecule has 0 aliphatic rings. The van der Waals surface area contributed by atoms with Crippen LogP contribution in [0.1, 0.15) is 21.5 Å². The van der Waals surface area contributed by atoms with E-state index in [1.807, 2.05) is 20.1 Å². The maximum absolute atomic E-state index is 11.6. The van der Waals surface area contributed by atoms with E-state index in [4.69, 9.17) is 0 Å². The van der Waals surface area contributed by atoms with E-state index in [0.717, 1.165) is 16.7 Å².